The van der Waals surface area contributed by atoms with E-state index in [-0.39, 0.29) is 10.6 Å². The molecule has 0 amide bonds. The number of benzene rings is 1. The molecule has 0 nitrogen and oxygen atoms in total. The Labute approximate surface area is 86.9 Å². The Morgan fingerprint density at radius 1 is 1.36 bits per heavy atom. The average Bonchev–Trinajstić information content (AvgIpc) is 2.83. The molecule has 1 aliphatic rings. The van der Waals surface area contributed by atoms with E-state index in [4.69, 9.17) is 11.6 Å². The van der Waals surface area contributed by atoms with Crippen LogP contribution < -0.4 is 0 Å². The van der Waals surface area contributed by atoms with E-state index >= 15 is 0 Å². The second-order valence-electron chi connectivity index (χ2n) is 3.90. The Bertz CT molecular complexity index is 351. The van der Waals surface area contributed by atoms with Crippen molar-refractivity contribution in [2.45, 2.75) is 31.6 Å². The maximum Gasteiger partial charge on any atom is 0.271 e. The molecule has 0 aromatic heterocycles. The highest BCUT2D eigenvalue weighted by Gasteiger charge is 2.29. The molecule has 0 saturated heterocycles. The molecule has 0 unspecified atom stereocenters. The smallest absolute Gasteiger partial charge is 0.202 e. The van der Waals surface area contributed by atoms with Crippen molar-refractivity contribution in [2.75, 3.05) is 0 Å². The summed E-state index contributed by atoms with van der Waals surface area (Å²) in [5.74, 6) is -2.30. The molecular weight excluding hydrogens is 206 g/mol. The van der Waals surface area contributed by atoms with Crippen molar-refractivity contribution in [3.05, 3.63) is 34.3 Å². The summed E-state index contributed by atoms with van der Waals surface area (Å²) in [6, 6.07) is 4.87. The molecule has 0 radical (unpaired) electrons. The summed E-state index contributed by atoms with van der Waals surface area (Å²) in [5.41, 5.74) is 1.01. The van der Waals surface area contributed by atoms with Crippen LogP contribution in [0.25, 0.3) is 0 Å². The zero-order valence-corrected chi connectivity index (χ0v) is 8.61. The number of rotatable bonds is 2. The van der Waals surface area contributed by atoms with Crippen molar-refractivity contribution >= 4 is 11.6 Å². The highest BCUT2D eigenvalue weighted by atomic mass is 35.5. The summed E-state index contributed by atoms with van der Waals surface area (Å²) in [7, 11) is 0. The fourth-order valence-electron chi connectivity index (χ4n) is 1.56. The third-order valence-corrected chi connectivity index (χ3v) is 2.83. The highest BCUT2D eigenvalue weighted by Crippen LogP contribution is 2.42. The van der Waals surface area contributed by atoms with Gasteiger partial charge in [0.2, 0.25) is 0 Å². The van der Waals surface area contributed by atoms with Crippen LogP contribution in [0.2, 0.25) is 5.02 Å². The second kappa shape index (κ2) is 3.20. The van der Waals surface area contributed by atoms with Gasteiger partial charge in [-0.3, -0.25) is 0 Å². The van der Waals surface area contributed by atoms with Gasteiger partial charge in [-0.05, 0) is 30.4 Å². The van der Waals surface area contributed by atoms with Gasteiger partial charge in [-0.2, -0.15) is 0 Å². The first kappa shape index (κ1) is 9.91. The first-order valence-corrected chi connectivity index (χ1v) is 5.04. The minimum absolute atomic E-state index is 0.0800. The Kier molecular flexibility index (Phi) is 2.26. The van der Waals surface area contributed by atoms with Gasteiger partial charge in [-0.25, -0.2) is 8.78 Å². The summed E-state index contributed by atoms with van der Waals surface area (Å²) >= 11 is 5.81. The van der Waals surface area contributed by atoms with Crippen LogP contribution in [0.5, 0.6) is 0 Å². The van der Waals surface area contributed by atoms with E-state index in [1.807, 2.05) is 0 Å². The van der Waals surface area contributed by atoms with Crippen LogP contribution in [0.15, 0.2) is 18.2 Å². The predicted molar refractivity (Wildman–Crippen MR) is 53.0 cm³/mol. The van der Waals surface area contributed by atoms with Gasteiger partial charge in [0.1, 0.15) is 0 Å². The van der Waals surface area contributed by atoms with Crippen molar-refractivity contribution in [3.63, 3.8) is 0 Å². The summed E-state index contributed by atoms with van der Waals surface area (Å²) < 4.78 is 26.0. The number of halogens is 3. The summed E-state index contributed by atoms with van der Waals surface area (Å²) in [4.78, 5) is 0. The quantitative estimate of drug-likeness (QED) is 0.690. The zero-order valence-electron chi connectivity index (χ0n) is 7.86. The van der Waals surface area contributed by atoms with Crippen LogP contribution in [0.3, 0.4) is 0 Å². The molecule has 0 heterocycles. The van der Waals surface area contributed by atoms with E-state index in [1.165, 1.54) is 6.07 Å². The Morgan fingerprint density at radius 3 is 2.43 bits per heavy atom. The van der Waals surface area contributed by atoms with Crippen molar-refractivity contribution in [2.24, 2.45) is 0 Å². The van der Waals surface area contributed by atoms with Gasteiger partial charge in [-0.15, -0.1) is 0 Å². The van der Waals surface area contributed by atoms with Crippen LogP contribution >= 0.6 is 11.6 Å². The molecule has 1 saturated carbocycles. The largest absolute Gasteiger partial charge is 0.271 e. The number of hydrogen-bond donors (Lipinski definition) is 0. The summed E-state index contributed by atoms with van der Waals surface area (Å²) in [6.45, 7) is 0.866. The molecule has 2 rings (SSSR count). The first-order chi connectivity index (χ1) is 6.48. The van der Waals surface area contributed by atoms with Gasteiger partial charge in [0, 0.05) is 12.5 Å². The molecular formula is C11H11ClF2. The molecule has 0 spiro atoms. The molecule has 14 heavy (non-hydrogen) atoms. The van der Waals surface area contributed by atoms with Crippen molar-refractivity contribution < 1.29 is 8.78 Å². The molecule has 0 N–H and O–H groups in total. The maximum absolute atomic E-state index is 13.0. The lowest BCUT2D eigenvalue weighted by Crippen LogP contribution is -2.07. The van der Waals surface area contributed by atoms with Crippen LogP contribution in [0.1, 0.15) is 36.8 Å². The van der Waals surface area contributed by atoms with Crippen LogP contribution in [0, 0.1) is 0 Å². The lowest BCUT2D eigenvalue weighted by Gasteiger charge is -2.13. The van der Waals surface area contributed by atoms with E-state index in [2.05, 4.69) is 0 Å². The van der Waals surface area contributed by atoms with Gasteiger partial charge in [0.25, 0.3) is 5.92 Å². The van der Waals surface area contributed by atoms with Gasteiger partial charge in [0.15, 0.2) is 0 Å². The lowest BCUT2D eigenvalue weighted by atomic mass is 10.0. The van der Waals surface area contributed by atoms with Crippen molar-refractivity contribution in [3.8, 4) is 0 Å². The minimum Gasteiger partial charge on any atom is -0.202 e. The fraction of sp³-hybridized carbons (Fsp3) is 0.455. The van der Waals surface area contributed by atoms with E-state index in [0.29, 0.717) is 5.92 Å². The monoisotopic (exact) mass is 216 g/mol. The van der Waals surface area contributed by atoms with E-state index in [9.17, 15) is 8.78 Å². The van der Waals surface area contributed by atoms with E-state index in [0.717, 1.165) is 25.3 Å². The van der Waals surface area contributed by atoms with E-state index < -0.39 is 5.92 Å². The van der Waals surface area contributed by atoms with Gasteiger partial charge < -0.3 is 0 Å². The van der Waals surface area contributed by atoms with Gasteiger partial charge in [0.05, 0.1) is 5.02 Å². The fourth-order valence-corrected chi connectivity index (χ4v) is 1.91. The summed E-state index contributed by atoms with van der Waals surface area (Å²) in [5, 5.41) is 0.182. The molecule has 1 fully saturated rings. The molecule has 1 aliphatic carbocycles. The molecule has 0 aliphatic heterocycles. The Balaban J connectivity index is 2.35. The molecule has 0 bridgehead atoms. The van der Waals surface area contributed by atoms with Gasteiger partial charge >= 0.3 is 0 Å². The SMILES string of the molecule is CC(F)(F)c1ccc(C2CC2)cc1Cl. The summed E-state index contributed by atoms with van der Waals surface area (Å²) in [6.07, 6.45) is 2.30. The molecule has 76 valence electrons. The third-order valence-electron chi connectivity index (χ3n) is 2.51. The standard InChI is InChI=1S/C11H11ClF2/c1-11(13,14)9-5-4-8(6-10(9)12)7-2-3-7/h4-7H,2-3H2,1H3. The number of hydrogen-bond acceptors (Lipinski definition) is 0. The minimum atomic E-state index is -2.85. The second-order valence-corrected chi connectivity index (χ2v) is 4.31. The topological polar surface area (TPSA) is 0 Å². The van der Waals surface area contributed by atoms with Crippen molar-refractivity contribution in [1.29, 1.82) is 0 Å². The molecule has 3 heteroatoms. The van der Waals surface area contributed by atoms with Crippen molar-refractivity contribution in [1.82, 2.24) is 0 Å². The first-order valence-electron chi connectivity index (χ1n) is 4.66. The predicted octanol–water partition coefficient (Wildman–Crippen LogP) is 4.33. The van der Waals surface area contributed by atoms with E-state index in [1.54, 1.807) is 12.1 Å². The zero-order chi connectivity index (χ0) is 10.3. The molecule has 0 atom stereocenters. The van der Waals surface area contributed by atoms with Crippen LogP contribution in [-0.2, 0) is 5.92 Å². The normalized spacial score (nSPS) is 17.1. The Morgan fingerprint density at radius 2 is 2.00 bits per heavy atom. The third kappa shape index (κ3) is 1.90. The molecule has 1 aromatic rings. The molecule has 1 aromatic carbocycles. The Hall–Kier alpha value is -0.630. The van der Waals surface area contributed by atoms with Crippen LogP contribution in [-0.4, -0.2) is 0 Å². The maximum atomic E-state index is 13.0. The van der Waals surface area contributed by atoms with Crippen LogP contribution in [0.4, 0.5) is 8.78 Å². The average molecular weight is 217 g/mol. The number of alkyl halides is 2. The highest BCUT2D eigenvalue weighted by molar-refractivity contribution is 6.31. The lowest BCUT2D eigenvalue weighted by molar-refractivity contribution is 0.0176. The van der Waals surface area contributed by atoms with Gasteiger partial charge in [-0.1, -0.05) is 23.7 Å².